The molecule has 53 heavy (non-hydrogen) atoms. The molecule has 10 aromatic carbocycles. The smallest absolute Gasteiger partial charge is 0.135 e. The van der Waals surface area contributed by atoms with Crippen molar-refractivity contribution in [3.8, 4) is 44.5 Å². The van der Waals surface area contributed by atoms with Gasteiger partial charge in [-0.2, -0.15) is 0 Å². The summed E-state index contributed by atoms with van der Waals surface area (Å²) in [5.74, 6) is 0. The van der Waals surface area contributed by atoms with E-state index in [-0.39, 0.29) is 0 Å². The third kappa shape index (κ3) is 4.79. The van der Waals surface area contributed by atoms with Gasteiger partial charge in [-0.1, -0.05) is 164 Å². The van der Waals surface area contributed by atoms with Crippen LogP contribution in [-0.2, 0) is 0 Å². The molecule has 1 heteroatoms. The first kappa shape index (κ1) is 29.7. The van der Waals surface area contributed by atoms with E-state index >= 15 is 0 Å². The average molecular weight is 673 g/mol. The molecular weight excluding hydrogens is 641 g/mol. The van der Waals surface area contributed by atoms with Gasteiger partial charge in [-0.05, 0) is 118 Å². The van der Waals surface area contributed by atoms with E-state index in [0.717, 1.165) is 21.9 Å². The van der Waals surface area contributed by atoms with Crippen molar-refractivity contribution in [3.05, 3.63) is 194 Å². The van der Waals surface area contributed by atoms with E-state index in [1.54, 1.807) is 0 Å². The molecule has 0 saturated carbocycles. The molecule has 0 aliphatic rings. The summed E-state index contributed by atoms with van der Waals surface area (Å²) in [5.41, 5.74) is 11.6. The maximum atomic E-state index is 6.20. The van der Waals surface area contributed by atoms with E-state index in [2.05, 4.69) is 182 Å². The summed E-state index contributed by atoms with van der Waals surface area (Å²) in [6, 6.07) is 70.8. The summed E-state index contributed by atoms with van der Waals surface area (Å²) in [5, 5.41) is 12.3. The summed E-state index contributed by atoms with van der Waals surface area (Å²) >= 11 is 0. The van der Waals surface area contributed by atoms with Crippen LogP contribution in [0.2, 0.25) is 0 Å². The third-order valence-corrected chi connectivity index (χ3v) is 11.0. The Morgan fingerprint density at radius 2 is 0.774 bits per heavy atom. The second-order valence-electron chi connectivity index (χ2n) is 14.0. The molecule has 0 N–H and O–H groups in total. The van der Waals surface area contributed by atoms with Crippen molar-refractivity contribution in [1.82, 2.24) is 0 Å². The minimum Gasteiger partial charge on any atom is -0.456 e. The van der Waals surface area contributed by atoms with Crippen LogP contribution in [0.25, 0.3) is 110 Å². The maximum absolute atomic E-state index is 6.20. The second kappa shape index (κ2) is 11.8. The minimum atomic E-state index is 0.909. The number of furan rings is 1. The van der Waals surface area contributed by atoms with Crippen LogP contribution in [-0.4, -0.2) is 0 Å². The highest BCUT2D eigenvalue weighted by molar-refractivity contribution is 6.24. The van der Waals surface area contributed by atoms with Gasteiger partial charge in [-0.25, -0.2) is 0 Å². The number of benzene rings is 10. The molecule has 0 bridgehead atoms. The fourth-order valence-corrected chi connectivity index (χ4v) is 8.51. The lowest BCUT2D eigenvalue weighted by Gasteiger charge is -2.20. The molecule has 0 unspecified atom stereocenters. The van der Waals surface area contributed by atoms with Gasteiger partial charge < -0.3 is 4.42 Å². The maximum Gasteiger partial charge on any atom is 0.135 e. The zero-order valence-electron chi connectivity index (χ0n) is 28.9. The van der Waals surface area contributed by atoms with Crippen molar-refractivity contribution in [2.45, 2.75) is 0 Å². The largest absolute Gasteiger partial charge is 0.456 e. The Kier molecular flexibility index (Phi) is 6.62. The highest BCUT2D eigenvalue weighted by Crippen LogP contribution is 2.47. The number of hydrogen-bond donors (Lipinski definition) is 0. The predicted octanol–water partition coefficient (Wildman–Crippen LogP) is 14.9. The van der Waals surface area contributed by atoms with Crippen molar-refractivity contribution in [3.63, 3.8) is 0 Å². The Morgan fingerprint density at radius 1 is 0.245 bits per heavy atom. The van der Waals surface area contributed by atoms with Crippen LogP contribution in [0.1, 0.15) is 0 Å². The zero-order chi connectivity index (χ0) is 34.9. The van der Waals surface area contributed by atoms with Crippen LogP contribution in [0.5, 0.6) is 0 Å². The van der Waals surface area contributed by atoms with E-state index in [1.165, 1.54) is 87.6 Å². The molecule has 246 valence electrons. The van der Waals surface area contributed by atoms with Crippen LogP contribution < -0.4 is 0 Å². The van der Waals surface area contributed by atoms with Gasteiger partial charge >= 0.3 is 0 Å². The van der Waals surface area contributed by atoms with E-state index in [9.17, 15) is 0 Å². The number of fused-ring (bicyclic) bond motifs is 7. The highest BCUT2D eigenvalue weighted by Gasteiger charge is 2.19. The normalized spacial score (nSPS) is 11.8. The molecule has 1 aromatic heterocycles. The van der Waals surface area contributed by atoms with E-state index in [4.69, 9.17) is 4.42 Å². The topological polar surface area (TPSA) is 13.1 Å². The van der Waals surface area contributed by atoms with Crippen molar-refractivity contribution in [2.24, 2.45) is 0 Å². The van der Waals surface area contributed by atoms with Gasteiger partial charge in [0.05, 0.1) is 0 Å². The average Bonchev–Trinajstić information content (AvgIpc) is 3.60. The summed E-state index contributed by atoms with van der Waals surface area (Å²) in [6.45, 7) is 0. The van der Waals surface area contributed by atoms with E-state index < -0.39 is 0 Å². The fourth-order valence-electron chi connectivity index (χ4n) is 8.51. The molecule has 0 atom stereocenters. The second-order valence-corrected chi connectivity index (χ2v) is 14.0. The van der Waals surface area contributed by atoms with Crippen LogP contribution in [0, 0.1) is 0 Å². The molecule has 0 aliphatic carbocycles. The standard InChI is InChI=1S/C52H32O/c1-2-12-37-30-38(25-22-33(37)10-1)34-20-23-36(24-21-34)51-44-16-5-6-17-45(44)52(43-18-9-13-35-11-3-4-14-41(35)43)46-28-26-39(32-48(46)51)40-27-29-50-47(31-40)42-15-7-8-19-49(42)53-50/h1-32H. The van der Waals surface area contributed by atoms with Crippen molar-refractivity contribution in [2.75, 3.05) is 0 Å². The quantitative estimate of drug-likeness (QED) is 0.170. The molecule has 0 saturated heterocycles. The first-order chi connectivity index (χ1) is 26.3. The molecule has 1 heterocycles. The molecule has 1 nitrogen and oxygen atoms in total. The van der Waals surface area contributed by atoms with Gasteiger partial charge in [0.2, 0.25) is 0 Å². The molecular formula is C52H32O. The molecule has 11 aromatic rings. The first-order valence-corrected chi connectivity index (χ1v) is 18.2. The summed E-state index contributed by atoms with van der Waals surface area (Å²) < 4.78 is 6.20. The van der Waals surface area contributed by atoms with Crippen molar-refractivity contribution in [1.29, 1.82) is 0 Å². The number of para-hydroxylation sites is 1. The molecule has 11 rings (SSSR count). The van der Waals surface area contributed by atoms with Crippen LogP contribution in [0.15, 0.2) is 199 Å². The van der Waals surface area contributed by atoms with Crippen LogP contribution in [0.3, 0.4) is 0 Å². The summed E-state index contributed by atoms with van der Waals surface area (Å²) in [7, 11) is 0. The minimum absolute atomic E-state index is 0.909. The summed E-state index contributed by atoms with van der Waals surface area (Å²) in [6.07, 6.45) is 0. The Balaban J connectivity index is 1.17. The van der Waals surface area contributed by atoms with Gasteiger partial charge in [0.15, 0.2) is 0 Å². The molecule has 0 radical (unpaired) electrons. The Labute approximate surface area is 307 Å². The third-order valence-electron chi connectivity index (χ3n) is 11.0. The van der Waals surface area contributed by atoms with Gasteiger partial charge in [0, 0.05) is 10.8 Å². The van der Waals surface area contributed by atoms with Gasteiger partial charge in [-0.15, -0.1) is 0 Å². The zero-order valence-corrected chi connectivity index (χ0v) is 28.9. The molecule has 0 aliphatic heterocycles. The molecule has 0 amide bonds. The molecule has 0 spiro atoms. The summed E-state index contributed by atoms with van der Waals surface area (Å²) in [4.78, 5) is 0. The van der Waals surface area contributed by atoms with Gasteiger partial charge in [-0.3, -0.25) is 0 Å². The Hall–Kier alpha value is -6.96. The van der Waals surface area contributed by atoms with Gasteiger partial charge in [0.25, 0.3) is 0 Å². The predicted molar refractivity (Wildman–Crippen MR) is 225 cm³/mol. The first-order valence-electron chi connectivity index (χ1n) is 18.2. The van der Waals surface area contributed by atoms with E-state index in [1.807, 2.05) is 12.1 Å². The number of hydrogen-bond acceptors (Lipinski definition) is 1. The monoisotopic (exact) mass is 672 g/mol. The van der Waals surface area contributed by atoms with E-state index in [0.29, 0.717) is 0 Å². The highest BCUT2D eigenvalue weighted by atomic mass is 16.3. The van der Waals surface area contributed by atoms with Crippen molar-refractivity contribution >= 4 is 65.0 Å². The lowest BCUT2D eigenvalue weighted by Crippen LogP contribution is -1.92. The number of rotatable bonds is 4. The van der Waals surface area contributed by atoms with Crippen LogP contribution >= 0.6 is 0 Å². The lowest BCUT2D eigenvalue weighted by atomic mass is 9.83. The SMILES string of the molecule is c1ccc2cc(-c3ccc(-c4c5ccccc5c(-c5cccc6ccccc56)c5ccc(-c6ccc7oc8ccccc8c7c6)cc45)cc3)ccc2c1. The fraction of sp³-hybridized carbons (Fsp3) is 0. The Morgan fingerprint density at radius 3 is 1.60 bits per heavy atom. The van der Waals surface area contributed by atoms with Crippen LogP contribution in [0.4, 0.5) is 0 Å². The molecule has 0 fully saturated rings. The lowest BCUT2D eigenvalue weighted by molar-refractivity contribution is 0.669. The van der Waals surface area contributed by atoms with Crippen molar-refractivity contribution < 1.29 is 4.42 Å². The van der Waals surface area contributed by atoms with Gasteiger partial charge in [0.1, 0.15) is 11.2 Å². The Bertz CT molecular complexity index is 3210.